The smallest absolute Gasteiger partial charge is 0.335 e. The summed E-state index contributed by atoms with van der Waals surface area (Å²) < 4.78 is 5.33. The van der Waals surface area contributed by atoms with Gasteiger partial charge in [-0.15, -0.1) is 0 Å². The van der Waals surface area contributed by atoms with Gasteiger partial charge in [0.15, 0.2) is 0 Å². The number of carboxylic acid groups (broad SMARTS) is 1. The van der Waals surface area contributed by atoms with Gasteiger partial charge in [0.2, 0.25) is 0 Å². The highest BCUT2D eigenvalue weighted by Gasteiger charge is 2.23. The molecule has 26 heavy (non-hydrogen) atoms. The molecule has 1 fully saturated rings. The second-order valence-corrected chi connectivity index (χ2v) is 5.91. The lowest BCUT2D eigenvalue weighted by molar-refractivity contribution is -0.124. The Kier molecular flexibility index (Phi) is 5.28. The van der Waals surface area contributed by atoms with Gasteiger partial charge in [0.05, 0.1) is 5.56 Å². The Hall–Kier alpha value is -3.19. The molecular formula is C19H18N2O5. The molecule has 2 aromatic rings. The fraction of sp³-hybridized carbons (Fsp3) is 0.211. The molecule has 7 nitrogen and oxygen atoms in total. The van der Waals surface area contributed by atoms with Gasteiger partial charge in [0, 0.05) is 23.5 Å². The van der Waals surface area contributed by atoms with Gasteiger partial charge in [-0.25, -0.2) is 4.79 Å². The Bertz CT molecular complexity index is 843. The first-order chi connectivity index (χ1) is 12.5. The van der Waals surface area contributed by atoms with Crippen LogP contribution in [0.5, 0.6) is 0 Å². The van der Waals surface area contributed by atoms with E-state index in [9.17, 15) is 14.4 Å². The van der Waals surface area contributed by atoms with E-state index in [2.05, 4.69) is 10.6 Å². The highest BCUT2D eigenvalue weighted by molar-refractivity contribution is 6.06. The Morgan fingerprint density at radius 1 is 0.962 bits per heavy atom. The molecule has 1 saturated heterocycles. The number of benzene rings is 2. The maximum absolute atomic E-state index is 12.4. The van der Waals surface area contributed by atoms with Crippen LogP contribution >= 0.6 is 0 Å². The normalized spacial score (nSPS) is 16.1. The van der Waals surface area contributed by atoms with Crippen LogP contribution in [-0.2, 0) is 9.53 Å². The van der Waals surface area contributed by atoms with Crippen molar-refractivity contribution in [3.05, 3.63) is 59.7 Å². The highest BCUT2D eigenvalue weighted by atomic mass is 16.5. The first kappa shape index (κ1) is 17.6. The molecule has 1 atom stereocenters. The molecule has 0 spiro atoms. The monoisotopic (exact) mass is 354 g/mol. The number of amides is 2. The van der Waals surface area contributed by atoms with E-state index in [1.807, 2.05) is 0 Å². The quantitative estimate of drug-likeness (QED) is 0.766. The Morgan fingerprint density at radius 2 is 1.62 bits per heavy atom. The van der Waals surface area contributed by atoms with E-state index in [0.717, 1.165) is 6.42 Å². The minimum Gasteiger partial charge on any atom is -0.478 e. The first-order valence-electron chi connectivity index (χ1n) is 8.20. The molecule has 0 radical (unpaired) electrons. The fourth-order valence-electron chi connectivity index (χ4n) is 2.68. The lowest BCUT2D eigenvalue weighted by Gasteiger charge is -2.11. The summed E-state index contributed by atoms with van der Waals surface area (Å²) in [6.45, 7) is 0.579. The van der Waals surface area contributed by atoms with Crippen LogP contribution in [0.25, 0.3) is 0 Å². The van der Waals surface area contributed by atoms with Crippen molar-refractivity contribution in [3.63, 3.8) is 0 Å². The van der Waals surface area contributed by atoms with Gasteiger partial charge in [-0.2, -0.15) is 0 Å². The zero-order valence-corrected chi connectivity index (χ0v) is 13.9. The number of aromatic carboxylic acids is 1. The summed E-state index contributed by atoms with van der Waals surface area (Å²) in [6.07, 6.45) is 1.09. The molecule has 1 aliphatic heterocycles. The average Bonchev–Trinajstić information content (AvgIpc) is 3.17. The summed E-state index contributed by atoms with van der Waals surface area (Å²) in [5.74, 6) is -1.70. The highest BCUT2D eigenvalue weighted by Crippen LogP contribution is 2.18. The van der Waals surface area contributed by atoms with Crippen LogP contribution in [0, 0.1) is 0 Å². The molecule has 1 aliphatic rings. The second kappa shape index (κ2) is 7.79. The molecule has 3 N–H and O–H groups in total. The summed E-state index contributed by atoms with van der Waals surface area (Å²) in [5, 5.41) is 14.4. The predicted octanol–water partition coefficient (Wildman–Crippen LogP) is 2.75. The van der Waals surface area contributed by atoms with Gasteiger partial charge in [-0.05, 0) is 49.2 Å². The van der Waals surface area contributed by atoms with Crippen molar-refractivity contribution < 1.29 is 24.2 Å². The van der Waals surface area contributed by atoms with Gasteiger partial charge in [-0.1, -0.05) is 12.1 Å². The Morgan fingerprint density at radius 3 is 2.27 bits per heavy atom. The summed E-state index contributed by atoms with van der Waals surface area (Å²) >= 11 is 0. The molecule has 1 heterocycles. The average molecular weight is 354 g/mol. The van der Waals surface area contributed by atoms with Gasteiger partial charge < -0.3 is 20.5 Å². The summed E-state index contributed by atoms with van der Waals surface area (Å²) in [6, 6.07) is 12.5. The largest absolute Gasteiger partial charge is 0.478 e. The molecule has 134 valence electrons. The molecular weight excluding hydrogens is 336 g/mol. The maximum Gasteiger partial charge on any atom is 0.335 e. The van der Waals surface area contributed by atoms with E-state index in [1.165, 1.54) is 12.1 Å². The van der Waals surface area contributed by atoms with E-state index >= 15 is 0 Å². The molecule has 3 rings (SSSR count). The zero-order chi connectivity index (χ0) is 18.5. The van der Waals surface area contributed by atoms with Crippen LogP contribution in [0.3, 0.4) is 0 Å². The Balaban J connectivity index is 1.69. The number of ether oxygens (including phenoxy) is 1. The lowest BCUT2D eigenvalue weighted by atomic mass is 10.1. The molecule has 2 amide bonds. The number of carbonyl (C=O) groups is 3. The van der Waals surface area contributed by atoms with Crippen molar-refractivity contribution >= 4 is 29.2 Å². The number of hydrogen-bond acceptors (Lipinski definition) is 4. The van der Waals surface area contributed by atoms with E-state index in [0.29, 0.717) is 30.0 Å². The minimum atomic E-state index is -1.07. The number of carbonyl (C=O) groups excluding carboxylic acids is 2. The third kappa shape index (κ3) is 4.25. The zero-order valence-electron chi connectivity index (χ0n) is 13.9. The summed E-state index contributed by atoms with van der Waals surface area (Å²) in [7, 11) is 0. The number of carboxylic acids is 1. The lowest BCUT2D eigenvalue weighted by Crippen LogP contribution is -2.27. The van der Waals surface area contributed by atoms with Crippen LogP contribution in [0.15, 0.2) is 48.5 Å². The number of anilines is 2. The van der Waals surface area contributed by atoms with Crippen molar-refractivity contribution in [3.8, 4) is 0 Å². The van der Waals surface area contributed by atoms with Gasteiger partial charge in [0.25, 0.3) is 11.8 Å². The van der Waals surface area contributed by atoms with E-state index in [1.54, 1.807) is 36.4 Å². The minimum absolute atomic E-state index is 0.0837. The third-order valence-corrected chi connectivity index (χ3v) is 3.98. The molecule has 0 aliphatic carbocycles. The molecule has 0 unspecified atom stereocenters. The van der Waals surface area contributed by atoms with Gasteiger partial charge >= 0.3 is 5.97 Å². The number of rotatable bonds is 5. The van der Waals surface area contributed by atoms with Crippen molar-refractivity contribution in [2.75, 3.05) is 17.2 Å². The van der Waals surface area contributed by atoms with Crippen molar-refractivity contribution in [1.29, 1.82) is 0 Å². The molecule has 0 aromatic heterocycles. The number of nitrogens with one attached hydrogen (secondary N) is 2. The van der Waals surface area contributed by atoms with Crippen LogP contribution in [0.2, 0.25) is 0 Å². The van der Waals surface area contributed by atoms with Crippen LogP contribution in [-0.4, -0.2) is 35.6 Å². The second-order valence-electron chi connectivity index (χ2n) is 5.91. The topological polar surface area (TPSA) is 105 Å². The maximum atomic E-state index is 12.4. The summed E-state index contributed by atoms with van der Waals surface area (Å²) in [5.41, 5.74) is 1.30. The van der Waals surface area contributed by atoms with Crippen LogP contribution < -0.4 is 10.6 Å². The summed E-state index contributed by atoms with van der Waals surface area (Å²) in [4.78, 5) is 35.5. The first-order valence-corrected chi connectivity index (χ1v) is 8.20. The van der Waals surface area contributed by atoms with Crippen LogP contribution in [0.1, 0.15) is 33.6 Å². The SMILES string of the molecule is O=C(O)c1cccc(NC(=O)c2cccc(NC(=O)[C@H]3CCCO3)c2)c1. The fourth-order valence-corrected chi connectivity index (χ4v) is 2.68. The van der Waals surface area contributed by atoms with E-state index < -0.39 is 18.0 Å². The van der Waals surface area contributed by atoms with Crippen LogP contribution in [0.4, 0.5) is 11.4 Å². The molecule has 2 aromatic carbocycles. The van der Waals surface area contributed by atoms with Gasteiger partial charge in [0.1, 0.15) is 6.10 Å². The Labute approximate surface area is 150 Å². The predicted molar refractivity (Wildman–Crippen MR) is 95.4 cm³/mol. The van der Waals surface area contributed by atoms with Crippen molar-refractivity contribution in [2.24, 2.45) is 0 Å². The molecule has 7 heteroatoms. The third-order valence-electron chi connectivity index (χ3n) is 3.98. The van der Waals surface area contributed by atoms with Crippen molar-refractivity contribution in [1.82, 2.24) is 0 Å². The number of hydrogen-bond donors (Lipinski definition) is 3. The molecule has 0 saturated carbocycles. The molecule has 0 bridgehead atoms. The van der Waals surface area contributed by atoms with E-state index in [-0.39, 0.29) is 11.5 Å². The van der Waals surface area contributed by atoms with Crippen molar-refractivity contribution in [2.45, 2.75) is 18.9 Å². The van der Waals surface area contributed by atoms with Gasteiger partial charge in [-0.3, -0.25) is 9.59 Å². The van der Waals surface area contributed by atoms with E-state index in [4.69, 9.17) is 9.84 Å². The standard InChI is InChI=1S/C19H18N2O5/c22-17(20-15-7-2-5-13(11-15)19(24)25)12-4-1-6-14(10-12)21-18(23)16-8-3-9-26-16/h1-2,4-7,10-11,16H,3,8-9H2,(H,20,22)(H,21,23)(H,24,25)/t16-/m1/s1.